The van der Waals surface area contributed by atoms with Gasteiger partial charge in [0.25, 0.3) is 0 Å². The zero-order valence-electron chi connectivity index (χ0n) is 14.9. The van der Waals surface area contributed by atoms with Gasteiger partial charge < -0.3 is 19.7 Å². The van der Waals surface area contributed by atoms with E-state index in [0.717, 1.165) is 64.5 Å². The number of rotatable bonds is 8. The Morgan fingerprint density at radius 1 is 1.35 bits per heavy atom. The lowest BCUT2D eigenvalue weighted by Gasteiger charge is -2.34. The van der Waals surface area contributed by atoms with Gasteiger partial charge >= 0.3 is 0 Å². The maximum Gasteiger partial charge on any atom is 0.193 e. The van der Waals surface area contributed by atoms with Gasteiger partial charge in [-0.05, 0) is 44.9 Å². The molecule has 0 aromatic rings. The Balaban J connectivity index is 1.61. The number of methoxy groups -OCH3 is 1. The lowest BCUT2D eigenvalue weighted by atomic mass is 10.1. The van der Waals surface area contributed by atoms with Crippen LogP contribution < -0.4 is 5.32 Å². The summed E-state index contributed by atoms with van der Waals surface area (Å²) >= 11 is 0. The summed E-state index contributed by atoms with van der Waals surface area (Å²) in [6, 6.07) is 0. The van der Waals surface area contributed by atoms with Crippen LogP contribution in [0, 0.1) is 0 Å². The van der Waals surface area contributed by atoms with Gasteiger partial charge in [0.1, 0.15) is 0 Å². The fourth-order valence-corrected chi connectivity index (χ4v) is 3.32. The van der Waals surface area contributed by atoms with Crippen LogP contribution >= 0.6 is 0 Å². The topological polar surface area (TPSA) is 46.1 Å². The number of ether oxygens (including phenoxy) is 2. The Labute approximate surface area is 141 Å². The maximum atomic E-state index is 5.92. The molecule has 1 N–H and O–H groups in total. The molecule has 1 fully saturated rings. The molecule has 23 heavy (non-hydrogen) atoms. The number of piperidine rings is 1. The van der Waals surface area contributed by atoms with Crippen LogP contribution in [0.1, 0.15) is 44.9 Å². The van der Waals surface area contributed by atoms with Crippen LogP contribution in [0.2, 0.25) is 0 Å². The quantitative estimate of drug-likeness (QED) is 0.323. The molecule has 0 unspecified atom stereocenters. The molecule has 5 heteroatoms. The molecular formula is C18H33N3O2. The van der Waals surface area contributed by atoms with Crippen molar-refractivity contribution < 1.29 is 9.47 Å². The van der Waals surface area contributed by atoms with Crippen molar-refractivity contribution in [3.8, 4) is 0 Å². The highest BCUT2D eigenvalue weighted by Gasteiger charge is 2.21. The van der Waals surface area contributed by atoms with Crippen LogP contribution in [-0.2, 0) is 9.47 Å². The molecule has 1 aliphatic carbocycles. The normalized spacial score (nSPS) is 20.0. The van der Waals surface area contributed by atoms with Gasteiger partial charge in [-0.3, -0.25) is 4.99 Å². The molecule has 2 aliphatic rings. The van der Waals surface area contributed by atoms with Crippen LogP contribution in [0.3, 0.4) is 0 Å². The van der Waals surface area contributed by atoms with Crippen molar-refractivity contribution in [1.82, 2.24) is 10.2 Å². The highest BCUT2D eigenvalue weighted by molar-refractivity contribution is 5.79. The summed E-state index contributed by atoms with van der Waals surface area (Å²) in [4.78, 5) is 6.80. The molecule has 1 aliphatic heterocycles. The van der Waals surface area contributed by atoms with Crippen molar-refractivity contribution in [2.75, 3.05) is 47.0 Å². The molecule has 0 radical (unpaired) electrons. The highest BCUT2D eigenvalue weighted by atomic mass is 16.5. The summed E-state index contributed by atoms with van der Waals surface area (Å²) in [7, 11) is 3.62. The van der Waals surface area contributed by atoms with E-state index in [1.54, 1.807) is 12.7 Å². The Morgan fingerprint density at radius 3 is 2.83 bits per heavy atom. The van der Waals surface area contributed by atoms with E-state index in [0.29, 0.717) is 6.10 Å². The lowest BCUT2D eigenvalue weighted by molar-refractivity contribution is 0.00992. The molecule has 0 spiro atoms. The molecule has 0 aromatic carbocycles. The molecule has 0 aromatic heterocycles. The Bertz CT molecular complexity index is 388. The zero-order valence-corrected chi connectivity index (χ0v) is 14.9. The third-order valence-electron chi connectivity index (χ3n) is 4.66. The van der Waals surface area contributed by atoms with Gasteiger partial charge in [-0.15, -0.1) is 0 Å². The van der Waals surface area contributed by atoms with Crippen LogP contribution in [0.25, 0.3) is 0 Å². The average Bonchev–Trinajstić information content (AvgIpc) is 3.10. The van der Waals surface area contributed by atoms with E-state index in [2.05, 4.69) is 21.3 Å². The molecule has 1 saturated heterocycles. The van der Waals surface area contributed by atoms with Gasteiger partial charge in [0.2, 0.25) is 0 Å². The molecule has 0 saturated carbocycles. The molecule has 5 nitrogen and oxygen atoms in total. The Kier molecular flexibility index (Phi) is 8.47. The van der Waals surface area contributed by atoms with Crippen molar-refractivity contribution >= 4 is 5.96 Å². The number of hydrogen-bond acceptors (Lipinski definition) is 3. The third kappa shape index (κ3) is 6.51. The number of hydrogen-bond donors (Lipinski definition) is 1. The number of likely N-dealkylation sites (tertiary alicyclic amines) is 1. The first-order valence-corrected chi connectivity index (χ1v) is 9.07. The standard InChI is InChI=1S/C18H33N3O2/c1-19-18(20-11-8-16-6-3-4-7-16)21-12-9-17(10-13-21)23-15-5-14-22-2/h6,17H,3-5,7-15H2,1-2H3,(H,19,20). The number of nitrogens with zero attached hydrogens (tertiary/aromatic N) is 2. The van der Waals surface area contributed by atoms with Crippen LogP contribution in [0.15, 0.2) is 16.6 Å². The minimum atomic E-state index is 0.393. The zero-order chi connectivity index (χ0) is 16.3. The summed E-state index contributed by atoms with van der Waals surface area (Å²) in [5.74, 6) is 1.04. The fourth-order valence-electron chi connectivity index (χ4n) is 3.32. The van der Waals surface area contributed by atoms with Crippen molar-refractivity contribution in [2.45, 2.75) is 51.0 Å². The molecule has 1 heterocycles. The average molecular weight is 323 g/mol. The number of nitrogens with one attached hydrogen (secondary N) is 1. The molecule has 132 valence electrons. The third-order valence-corrected chi connectivity index (χ3v) is 4.66. The largest absolute Gasteiger partial charge is 0.385 e. The monoisotopic (exact) mass is 323 g/mol. The van der Waals surface area contributed by atoms with Gasteiger partial charge in [-0.1, -0.05) is 11.6 Å². The van der Waals surface area contributed by atoms with Crippen molar-refractivity contribution in [3.05, 3.63) is 11.6 Å². The summed E-state index contributed by atoms with van der Waals surface area (Å²) < 4.78 is 11.0. The first kappa shape index (κ1) is 18.3. The van der Waals surface area contributed by atoms with E-state index in [1.807, 2.05) is 7.05 Å². The second-order valence-corrected chi connectivity index (χ2v) is 6.38. The number of allylic oxidation sites excluding steroid dienone is 1. The first-order valence-electron chi connectivity index (χ1n) is 9.07. The van der Waals surface area contributed by atoms with Gasteiger partial charge in [0.05, 0.1) is 6.10 Å². The van der Waals surface area contributed by atoms with Gasteiger partial charge in [0, 0.05) is 47.0 Å². The maximum absolute atomic E-state index is 5.92. The number of aliphatic imine (C=N–C) groups is 1. The summed E-state index contributed by atoms with van der Waals surface area (Å²) in [6.45, 7) is 4.63. The molecular weight excluding hydrogens is 290 g/mol. The lowest BCUT2D eigenvalue weighted by Crippen LogP contribution is -2.47. The molecule has 0 atom stereocenters. The van der Waals surface area contributed by atoms with E-state index in [4.69, 9.17) is 9.47 Å². The summed E-state index contributed by atoms with van der Waals surface area (Å²) in [6.07, 6.45) is 11.0. The number of guanidine groups is 1. The van der Waals surface area contributed by atoms with Crippen molar-refractivity contribution in [2.24, 2.45) is 4.99 Å². The second kappa shape index (κ2) is 10.7. The van der Waals surface area contributed by atoms with E-state index in [1.165, 1.54) is 19.3 Å². The fraction of sp³-hybridized carbons (Fsp3) is 0.833. The first-order chi connectivity index (χ1) is 11.3. The van der Waals surface area contributed by atoms with Gasteiger partial charge in [0.15, 0.2) is 5.96 Å². The smallest absolute Gasteiger partial charge is 0.193 e. The molecule has 0 amide bonds. The van der Waals surface area contributed by atoms with Crippen LogP contribution in [0.4, 0.5) is 0 Å². The minimum absolute atomic E-state index is 0.393. The van der Waals surface area contributed by atoms with Crippen LogP contribution in [-0.4, -0.2) is 64.0 Å². The Morgan fingerprint density at radius 2 is 2.17 bits per heavy atom. The van der Waals surface area contributed by atoms with E-state index >= 15 is 0 Å². The van der Waals surface area contributed by atoms with Crippen molar-refractivity contribution in [1.29, 1.82) is 0 Å². The minimum Gasteiger partial charge on any atom is -0.385 e. The predicted octanol–water partition coefficient (Wildman–Crippen LogP) is 2.58. The SMILES string of the molecule is CN=C(NCCC1=CCCC1)N1CCC(OCCCOC)CC1. The Hall–Kier alpha value is -1.07. The molecule has 0 bridgehead atoms. The second-order valence-electron chi connectivity index (χ2n) is 6.38. The van der Waals surface area contributed by atoms with Gasteiger partial charge in [-0.25, -0.2) is 0 Å². The van der Waals surface area contributed by atoms with Gasteiger partial charge in [-0.2, -0.15) is 0 Å². The van der Waals surface area contributed by atoms with Crippen molar-refractivity contribution in [3.63, 3.8) is 0 Å². The van der Waals surface area contributed by atoms with E-state index < -0.39 is 0 Å². The van der Waals surface area contributed by atoms with E-state index in [9.17, 15) is 0 Å². The highest BCUT2D eigenvalue weighted by Crippen LogP contribution is 2.20. The summed E-state index contributed by atoms with van der Waals surface area (Å²) in [5.41, 5.74) is 1.61. The summed E-state index contributed by atoms with van der Waals surface area (Å²) in [5, 5.41) is 3.52. The van der Waals surface area contributed by atoms with Crippen LogP contribution in [0.5, 0.6) is 0 Å². The van der Waals surface area contributed by atoms with E-state index in [-0.39, 0.29) is 0 Å². The molecule has 2 rings (SSSR count). The predicted molar refractivity (Wildman–Crippen MR) is 95.0 cm³/mol.